The second kappa shape index (κ2) is 18.5. The van der Waals surface area contributed by atoms with E-state index >= 15 is 0 Å². The Labute approximate surface area is 368 Å². The van der Waals surface area contributed by atoms with Gasteiger partial charge in [0, 0.05) is 0 Å². The first-order valence-corrected chi connectivity index (χ1v) is 20.3. The smallest absolute Gasteiger partial charge is 1.00 e. The van der Waals surface area contributed by atoms with Crippen molar-refractivity contribution < 1.29 is 50.7 Å². The summed E-state index contributed by atoms with van der Waals surface area (Å²) in [7, 11) is 0. The molecular weight excluding hydrogens is 914 g/mol. The van der Waals surface area contributed by atoms with Gasteiger partial charge in [-0.2, -0.15) is 22.7 Å². The Balaban J connectivity index is 0.000000232. The summed E-state index contributed by atoms with van der Waals surface area (Å²) in [5.41, 5.74) is 11.0. The Morgan fingerprint density at radius 1 is 0.473 bits per heavy atom. The molecule has 0 nitrogen and oxygen atoms in total. The fraction of sp³-hybridized carbons (Fsp3) is 0.240. The van der Waals surface area contributed by atoms with Crippen LogP contribution in [0, 0.1) is 0 Å². The molecule has 0 aliphatic rings. The zero-order valence-electron chi connectivity index (χ0n) is 33.2. The number of halogens is 2. The molecule has 0 fully saturated rings. The fourth-order valence-corrected chi connectivity index (χ4v) is 8.87. The van der Waals surface area contributed by atoms with Crippen molar-refractivity contribution in [3.63, 3.8) is 0 Å². The van der Waals surface area contributed by atoms with E-state index in [1.807, 2.05) is 22.7 Å². The largest absolute Gasteiger partial charge is 4.00 e. The van der Waals surface area contributed by atoms with Crippen molar-refractivity contribution >= 4 is 44.2 Å². The Bertz CT molecular complexity index is 2270. The average molecular weight is 964 g/mol. The van der Waals surface area contributed by atoms with Crippen LogP contribution < -0.4 is 24.8 Å². The third-order valence-electron chi connectivity index (χ3n) is 10.2. The van der Waals surface area contributed by atoms with Crippen molar-refractivity contribution in [2.24, 2.45) is 0 Å². The first-order chi connectivity index (χ1) is 24.9. The van der Waals surface area contributed by atoms with Crippen molar-refractivity contribution in [2.75, 3.05) is 0 Å². The van der Waals surface area contributed by atoms with Crippen molar-refractivity contribution in [2.45, 2.75) is 79.1 Å². The predicted octanol–water partition coefficient (Wildman–Crippen LogP) is 9.63. The summed E-state index contributed by atoms with van der Waals surface area (Å²) in [5, 5.41) is 5.34. The van der Waals surface area contributed by atoms with Gasteiger partial charge in [0.15, 0.2) is 0 Å². The van der Waals surface area contributed by atoms with Gasteiger partial charge in [-0.1, -0.05) is 164 Å². The number of benzene rings is 4. The van der Waals surface area contributed by atoms with Crippen LogP contribution in [0.2, 0.25) is 0 Å². The van der Waals surface area contributed by atoms with Gasteiger partial charge < -0.3 is 24.8 Å². The maximum Gasteiger partial charge on any atom is 4.00 e. The molecule has 2 heterocycles. The zero-order chi connectivity index (χ0) is 36.6. The monoisotopic (exact) mass is 964 g/mol. The van der Waals surface area contributed by atoms with E-state index in [9.17, 15) is 0 Å². The Morgan fingerprint density at radius 3 is 1.15 bits per heavy atom. The third-order valence-corrected chi connectivity index (χ3v) is 12.8. The minimum Gasteiger partial charge on any atom is -1.00 e. The Hall–Kier alpha value is -3.05. The first kappa shape index (κ1) is 44.7. The molecule has 0 aliphatic heterocycles. The van der Waals surface area contributed by atoms with Gasteiger partial charge in [-0.25, -0.2) is 0 Å². The predicted molar refractivity (Wildman–Crippen MR) is 233 cm³/mol. The average Bonchev–Trinajstić information content (AvgIpc) is 3.96. The van der Waals surface area contributed by atoms with E-state index in [1.165, 1.54) is 85.6 Å². The van der Waals surface area contributed by atoms with Crippen LogP contribution in [-0.2, 0) is 49.5 Å². The molecule has 8 aromatic rings. The van der Waals surface area contributed by atoms with Crippen molar-refractivity contribution in [1.29, 1.82) is 0 Å². The molecular formula is C50H50Cl2HfS2. The molecule has 8 rings (SSSR count). The molecule has 0 radical (unpaired) electrons. The minimum atomic E-state index is 0. The van der Waals surface area contributed by atoms with Crippen LogP contribution in [-0.4, -0.2) is 0 Å². The Kier molecular flexibility index (Phi) is 15.0. The van der Waals surface area contributed by atoms with Gasteiger partial charge in [0.2, 0.25) is 0 Å². The van der Waals surface area contributed by atoms with Gasteiger partial charge in [0.05, 0.1) is 0 Å². The van der Waals surface area contributed by atoms with Crippen molar-refractivity contribution in [1.82, 2.24) is 0 Å². The quantitative estimate of drug-likeness (QED) is 0.115. The summed E-state index contributed by atoms with van der Waals surface area (Å²) in [4.78, 5) is 5.63. The second-order valence-electron chi connectivity index (χ2n) is 16.0. The third kappa shape index (κ3) is 9.92. The van der Waals surface area contributed by atoms with E-state index in [-0.39, 0.29) is 61.5 Å². The van der Waals surface area contributed by atoms with Crippen LogP contribution in [0.5, 0.6) is 0 Å². The van der Waals surface area contributed by atoms with Crippen LogP contribution in [0.1, 0.15) is 76.3 Å². The maximum absolute atomic E-state index is 2.35. The Morgan fingerprint density at radius 2 is 0.836 bits per heavy atom. The normalized spacial score (nSPS) is 11.3. The number of fused-ring (bicyclic) bond motifs is 2. The summed E-state index contributed by atoms with van der Waals surface area (Å²) in [6.45, 7) is 18.0. The molecule has 0 saturated heterocycles. The summed E-state index contributed by atoms with van der Waals surface area (Å²) in [5.74, 6) is 0. The van der Waals surface area contributed by atoms with Gasteiger partial charge >= 0.3 is 25.8 Å². The molecule has 0 atom stereocenters. The number of thiophene rings is 2. The SMILES string of the molecule is CCc1ccc(-c2cc3c(-c4ccc(C(C)(C)C)cc4)cccc3[cH-]2)s1.CCc1ccc(-c2cc3c(-c4ccc(C(C)(C)C)cc4)cccc3[cH-]2)s1.[Cl-].[Cl-].[Hf+4]. The van der Waals surface area contributed by atoms with Crippen LogP contribution >= 0.6 is 22.7 Å². The van der Waals surface area contributed by atoms with Gasteiger partial charge in [0.1, 0.15) is 0 Å². The number of rotatable bonds is 6. The number of hydrogen-bond acceptors (Lipinski definition) is 2. The van der Waals surface area contributed by atoms with Crippen LogP contribution in [0.25, 0.3) is 64.7 Å². The molecule has 280 valence electrons. The van der Waals surface area contributed by atoms with E-state index in [0.717, 1.165) is 12.8 Å². The molecule has 0 aliphatic carbocycles. The van der Waals surface area contributed by atoms with E-state index in [1.54, 1.807) is 0 Å². The summed E-state index contributed by atoms with van der Waals surface area (Å²) in [6.07, 6.45) is 2.21. The topological polar surface area (TPSA) is 0 Å². The molecule has 55 heavy (non-hydrogen) atoms. The standard InChI is InChI=1S/2C25H25S.2ClH.Hf/c2*1-5-21-13-14-24(26-21)19-15-18-7-6-8-22(23(18)16-19)17-9-11-20(12-10-17)25(2,3)4;;;/h2*6-16H,5H2,1-4H3;2*1H;/q2*-1;;;+4/p-2. The van der Waals surface area contributed by atoms with Crippen LogP contribution in [0.3, 0.4) is 0 Å². The zero-order valence-corrected chi connectivity index (χ0v) is 39.9. The molecule has 0 saturated carbocycles. The van der Waals surface area contributed by atoms with Gasteiger partial charge in [-0.3, -0.25) is 0 Å². The molecule has 5 heteroatoms. The molecule has 2 aromatic heterocycles. The number of aryl methyl sites for hydroxylation is 2. The summed E-state index contributed by atoms with van der Waals surface area (Å²) >= 11 is 3.82. The molecule has 0 spiro atoms. The van der Waals surface area contributed by atoms with Gasteiger partial charge in [-0.15, -0.1) is 69.1 Å². The van der Waals surface area contributed by atoms with E-state index in [0.29, 0.717) is 0 Å². The fourth-order valence-electron chi connectivity index (χ4n) is 7.00. The van der Waals surface area contributed by atoms with E-state index in [2.05, 4.69) is 189 Å². The van der Waals surface area contributed by atoms with Crippen molar-refractivity contribution in [3.05, 3.63) is 154 Å². The maximum atomic E-state index is 2.35. The summed E-state index contributed by atoms with van der Waals surface area (Å²) in [6, 6.07) is 49.8. The minimum absolute atomic E-state index is 0. The molecule has 0 amide bonds. The molecule has 0 bridgehead atoms. The van der Waals surface area contributed by atoms with E-state index < -0.39 is 0 Å². The van der Waals surface area contributed by atoms with E-state index in [4.69, 9.17) is 0 Å². The molecule has 6 aromatic carbocycles. The van der Waals surface area contributed by atoms with Crippen molar-refractivity contribution in [3.8, 4) is 43.1 Å². The summed E-state index contributed by atoms with van der Waals surface area (Å²) < 4.78 is 0. The number of hydrogen-bond donors (Lipinski definition) is 0. The van der Waals surface area contributed by atoms with Crippen LogP contribution in [0.4, 0.5) is 0 Å². The molecule has 0 N–H and O–H groups in total. The first-order valence-electron chi connectivity index (χ1n) is 18.7. The van der Waals surface area contributed by atoms with Gasteiger partial charge in [-0.05, 0) is 65.4 Å². The molecule has 0 unspecified atom stereocenters. The second-order valence-corrected chi connectivity index (χ2v) is 18.3. The van der Waals surface area contributed by atoms with Gasteiger partial charge in [0.25, 0.3) is 0 Å². The van der Waals surface area contributed by atoms with Crippen LogP contribution in [0.15, 0.2) is 133 Å².